The van der Waals surface area contributed by atoms with Crippen LogP contribution in [0.2, 0.25) is 0 Å². The van der Waals surface area contributed by atoms with E-state index >= 15 is 0 Å². The Kier molecular flexibility index (Phi) is 4.92. The van der Waals surface area contributed by atoms with Crippen LogP contribution >= 0.6 is 0 Å². The van der Waals surface area contributed by atoms with Crippen LogP contribution in [0.1, 0.15) is 21.0 Å². The molecule has 2 atom stereocenters. The smallest absolute Gasteiger partial charge is 0.202 e. The number of nitrogens with two attached hydrogens (primary N) is 2. The molecule has 98 valence electrons. The highest BCUT2D eigenvalue weighted by Crippen LogP contribution is 2.02. The summed E-state index contributed by atoms with van der Waals surface area (Å²) in [6.07, 6.45) is 0. The molecular weight excluding hydrogens is 242 g/mol. The largest absolute Gasteiger partial charge is 0.394 e. The summed E-state index contributed by atoms with van der Waals surface area (Å²) in [6, 6.07) is -1.21. The van der Waals surface area contributed by atoms with Gasteiger partial charge in [0.25, 0.3) is 0 Å². The van der Waals surface area contributed by atoms with Crippen molar-refractivity contribution in [1.29, 1.82) is 0 Å². The number of rotatable bonds is 6. The van der Waals surface area contributed by atoms with E-state index in [1.165, 1.54) is 0 Å². The number of aliphatic hydroxyl groups excluding tert-OH is 2. The number of aromatic nitrogens is 3. The molecule has 1 aromatic heterocycles. The first kappa shape index (κ1) is 14.3. The van der Waals surface area contributed by atoms with Gasteiger partial charge in [0.15, 0.2) is 0 Å². The van der Waals surface area contributed by atoms with Crippen LogP contribution in [0, 0.1) is 0 Å². The Morgan fingerprint density at radius 3 is 1.78 bits per heavy atom. The normalized spacial score (nSPS) is 14.0. The maximum atomic E-state index is 11.6. The summed E-state index contributed by atoms with van der Waals surface area (Å²) >= 11 is 0. The van der Waals surface area contributed by atoms with Gasteiger partial charge in [-0.1, -0.05) is 0 Å². The second-order valence-corrected chi connectivity index (χ2v) is 3.51. The number of nitrogens with zero attached hydrogens (tertiary/aromatic N) is 3. The van der Waals surface area contributed by atoms with Crippen LogP contribution in [0.25, 0.3) is 0 Å². The van der Waals surface area contributed by atoms with Gasteiger partial charge in [-0.15, -0.1) is 10.2 Å². The molecule has 0 aliphatic rings. The molecule has 18 heavy (non-hydrogen) atoms. The van der Waals surface area contributed by atoms with Crippen molar-refractivity contribution in [1.82, 2.24) is 15.4 Å². The lowest BCUT2D eigenvalue weighted by molar-refractivity contribution is 0.0916. The Morgan fingerprint density at radius 2 is 1.44 bits per heavy atom. The Bertz CT molecular complexity index is 415. The Hall–Kier alpha value is -1.81. The summed E-state index contributed by atoms with van der Waals surface area (Å²) in [4.78, 5) is 23.2. The molecule has 0 aromatic carbocycles. The molecule has 1 heterocycles. The van der Waals surface area contributed by atoms with Crippen molar-refractivity contribution in [3.05, 3.63) is 17.5 Å². The number of Topliss-reactive ketones (excluding diaryl/α,β-unsaturated/α-hetero) is 2. The van der Waals surface area contributed by atoms with Crippen LogP contribution in [-0.4, -0.2) is 62.5 Å². The van der Waals surface area contributed by atoms with E-state index in [2.05, 4.69) is 15.4 Å². The fourth-order valence-electron chi connectivity index (χ4n) is 1.09. The minimum atomic E-state index is -1.14. The molecular formula is C9H13N5O4. The van der Waals surface area contributed by atoms with E-state index in [-0.39, 0.29) is 11.4 Å². The molecule has 9 nitrogen and oxygen atoms in total. The molecule has 0 fully saturated rings. The number of aliphatic hydroxyl groups is 2. The van der Waals surface area contributed by atoms with Gasteiger partial charge in [0.1, 0.15) is 11.4 Å². The van der Waals surface area contributed by atoms with E-state index in [0.717, 1.165) is 6.07 Å². The quantitative estimate of drug-likeness (QED) is 0.384. The number of hydrogen-bond acceptors (Lipinski definition) is 9. The third-order valence-corrected chi connectivity index (χ3v) is 2.15. The molecule has 1 rings (SSSR count). The minimum absolute atomic E-state index is 0.194. The Balaban J connectivity index is 2.99. The van der Waals surface area contributed by atoms with Gasteiger partial charge < -0.3 is 21.7 Å². The van der Waals surface area contributed by atoms with E-state index in [0.29, 0.717) is 0 Å². The fraction of sp³-hybridized carbons (Fsp3) is 0.444. The van der Waals surface area contributed by atoms with Gasteiger partial charge in [0.2, 0.25) is 11.6 Å². The standard InChI is InChI=1S/C9H13N5O4/c10-4(2-15)8(17)6-1-7(13-14-12-6)9(18)5(11)3-16/h1,4-5,15-16H,2-3,10-11H2/t4-,5-/m0/s1. The lowest BCUT2D eigenvalue weighted by Gasteiger charge is -2.07. The average Bonchev–Trinajstić information content (AvgIpc) is 2.43. The monoisotopic (exact) mass is 255 g/mol. The molecule has 0 radical (unpaired) electrons. The highest BCUT2D eigenvalue weighted by Gasteiger charge is 2.21. The van der Waals surface area contributed by atoms with Gasteiger partial charge in [-0.3, -0.25) is 9.59 Å². The van der Waals surface area contributed by atoms with E-state index in [9.17, 15) is 9.59 Å². The van der Waals surface area contributed by atoms with Crippen LogP contribution < -0.4 is 11.5 Å². The van der Waals surface area contributed by atoms with Gasteiger partial charge in [0, 0.05) is 6.07 Å². The van der Waals surface area contributed by atoms with Crippen molar-refractivity contribution in [2.75, 3.05) is 13.2 Å². The summed E-state index contributed by atoms with van der Waals surface area (Å²) < 4.78 is 0. The predicted molar refractivity (Wildman–Crippen MR) is 58.6 cm³/mol. The van der Waals surface area contributed by atoms with Crippen LogP contribution in [0.15, 0.2) is 6.07 Å². The summed E-state index contributed by atoms with van der Waals surface area (Å²) in [6.45, 7) is -1.11. The van der Waals surface area contributed by atoms with Crippen LogP contribution in [-0.2, 0) is 0 Å². The highest BCUT2D eigenvalue weighted by atomic mass is 16.3. The second-order valence-electron chi connectivity index (χ2n) is 3.51. The van der Waals surface area contributed by atoms with Crippen molar-refractivity contribution in [3.63, 3.8) is 0 Å². The van der Waals surface area contributed by atoms with Crippen molar-refractivity contribution < 1.29 is 19.8 Å². The van der Waals surface area contributed by atoms with Gasteiger partial charge in [-0.25, -0.2) is 0 Å². The molecule has 9 heteroatoms. The first-order chi connectivity index (χ1) is 8.51. The zero-order valence-electron chi connectivity index (χ0n) is 9.35. The topological polar surface area (TPSA) is 165 Å². The number of ketones is 2. The molecule has 0 bridgehead atoms. The Labute approximate surface area is 102 Å². The van der Waals surface area contributed by atoms with E-state index in [4.69, 9.17) is 21.7 Å². The van der Waals surface area contributed by atoms with Crippen molar-refractivity contribution in [3.8, 4) is 0 Å². The van der Waals surface area contributed by atoms with Crippen LogP contribution in [0.5, 0.6) is 0 Å². The molecule has 0 saturated heterocycles. The SMILES string of the molecule is N[C@@H](CO)C(=O)c1cc(C(=O)[C@@H](N)CO)nnn1. The zero-order valence-corrected chi connectivity index (χ0v) is 9.35. The average molecular weight is 255 g/mol. The number of hydrogen-bond donors (Lipinski definition) is 4. The van der Waals surface area contributed by atoms with E-state index in [1.807, 2.05) is 0 Å². The van der Waals surface area contributed by atoms with Gasteiger partial charge >= 0.3 is 0 Å². The number of carbonyl (C=O) groups excluding carboxylic acids is 2. The maximum absolute atomic E-state index is 11.6. The van der Waals surface area contributed by atoms with Gasteiger partial charge in [-0.05, 0) is 5.21 Å². The summed E-state index contributed by atoms with van der Waals surface area (Å²) in [5.74, 6) is -1.34. The molecule has 0 saturated carbocycles. The van der Waals surface area contributed by atoms with Crippen molar-refractivity contribution >= 4 is 11.6 Å². The van der Waals surface area contributed by atoms with E-state index < -0.39 is 36.9 Å². The minimum Gasteiger partial charge on any atom is -0.394 e. The van der Waals surface area contributed by atoms with E-state index in [1.54, 1.807) is 0 Å². The van der Waals surface area contributed by atoms with Crippen LogP contribution in [0.3, 0.4) is 0 Å². The third-order valence-electron chi connectivity index (χ3n) is 2.15. The first-order valence-electron chi connectivity index (χ1n) is 5.03. The van der Waals surface area contributed by atoms with Gasteiger partial charge in [-0.2, -0.15) is 0 Å². The fourth-order valence-corrected chi connectivity index (χ4v) is 1.09. The lowest BCUT2D eigenvalue weighted by atomic mass is 10.1. The van der Waals surface area contributed by atoms with Crippen LogP contribution in [0.4, 0.5) is 0 Å². The molecule has 0 aliphatic heterocycles. The third kappa shape index (κ3) is 3.11. The highest BCUT2D eigenvalue weighted by molar-refractivity contribution is 6.02. The molecule has 0 unspecified atom stereocenters. The molecule has 0 amide bonds. The number of carbonyl (C=O) groups is 2. The molecule has 0 spiro atoms. The predicted octanol–water partition coefficient (Wildman–Crippen LogP) is -3.12. The second kappa shape index (κ2) is 6.21. The summed E-state index contributed by atoms with van der Waals surface area (Å²) in [5, 5.41) is 27.6. The van der Waals surface area contributed by atoms with Crippen molar-refractivity contribution in [2.24, 2.45) is 11.5 Å². The van der Waals surface area contributed by atoms with Gasteiger partial charge in [0.05, 0.1) is 25.3 Å². The molecule has 6 N–H and O–H groups in total. The van der Waals surface area contributed by atoms with Crippen molar-refractivity contribution in [2.45, 2.75) is 12.1 Å². The summed E-state index contributed by atoms with van der Waals surface area (Å²) in [7, 11) is 0. The zero-order chi connectivity index (χ0) is 13.7. The Morgan fingerprint density at radius 1 is 1.06 bits per heavy atom. The first-order valence-corrected chi connectivity index (χ1v) is 5.03. The molecule has 1 aromatic rings. The molecule has 0 aliphatic carbocycles. The maximum Gasteiger partial charge on any atom is 0.202 e. The summed E-state index contributed by atoms with van der Waals surface area (Å²) in [5.41, 5.74) is 10.3. The lowest BCUT2D eigenvalue weighted by Crippen LogP contribution is -2.36.